The first-order valence-corrected chi connectivity index (χ1v) is 11.4. The summed E-state index contributed by atoms with van der Waals surface area (Å²) in [6.07, 6.45) is 0.0500. The van der Waals surface area contributed by atoms with Gasteiger partial charge in [0.15, 0.2) is 6.61 Å². The lowest BCUT2D eigenvalue weighted by Crippen LogP contribution is -2.26. The van der Waals surface area contributed by atoms with E-state index < -0.39 is 5.91 Å². The number of anilines is 1. The Morgan fingerprint density at radius 3 is 2.37 bits per heavy atom. The molecule has 0 bridgehead atoms. The number of hydrazone groups is 1. The van der Waals surface area contributed by atoms with E-state index in [0.29, 0.717) is 22.9 Å². The molecule has 0 unspecified atom stereocenters. The zero-order chi connectivity index (χ0) is 24.8. The van der Waals surface area contributed by atoms with E-state index >= 15 is 0 Å². The Morgan fingerprint density at radius 2 is 1.63 bits per heavy atom. The number of para-hydroxylation sites is 1. The van der Waals surface area contributed by atoms with Gasteiger partial charge in [-0.2, -0.15) is 5.10 Å². The van der Waals surface area contributed by atoms with Crippen LogP contribution >= 0.6 is 0 Å². The van der Waals surface area contributed by atoms with Crippen LogP contribution in [-0.4, -0.2) is 35.8 Å². The quantitative estimate of drug-likeness (QED) is 0.272. The summed E-state index contributed by atoms with van der Waals surface area (Å²) in [5.41, 5.74) is 5.90. The van der Waals surface area contributed by atoms with E-state index in [1.165, 1.54) is 5.52 Å². The van der Waals surface area contributed by atoms with Gasteiger partial charge in [0, 0.05) is 39.7 Å². The van der Waals surface area contributed by atoms with Crippen molar-refractivity contribution in [3.63, 3.8) is 0 Å². The summed E-state index contributed by atoms with van der Waals surface area (Å²) in [5, 5.41) is 9.17. The van der Waals surface area contributed by atoms with E-state index in [-0.39, 0.29) is 18.9 Å². The number of rotatable bonds is 9. The highest BCUT2D eigenvalue weighted by atomic mass is 16.5. The summed E-state index contributed by atoms with van der Waals surface area (Å²) in [6, 6.07) is 21.1. The highest BCUT2D eigenvalue weighted by Gasteiger charge is 2.11. The van der Waals surface area contributed by atoms with Gasteiger partial charge in [-0.3, -0.25) is 9.59 Å². The number of aryl methyl sites for hydroxylation is 1. The number of aromatic nitrogens is 1. The second kappa shape index (κ2) is 10.7. The lowest BCUT2D eigenvalue weighted by molar-refractivity contribution is -0.123. The summed E-state index contributed by atoms with van der Waals surface area (Å²) in [5.74, 6) is 0.611. The van der Waals surface area contributed by atoms with Gasteiger partial charge in [0.05, 0.1) is 13.5 Å². The van der Waals surface area contributed by atoms with Crippen LogP contribution in [0.25, 0.3) is 21.8 Å². The van der Waals surface area contributed by atoms with Crippen LogP contribution in [0.3, 0.4) is 0 Å². The third-order valence-corrected chi connectivity index (χ3v) is 5.59. The molecular weight excluding hydrogens is 444 g/mol. The molecule has 0 radical (unpaired) electrons. The number of fused-ring (bicyclic) bond motifs is 3. The largest absolute Gasteiger partial charge is 0.497 e. The maximum atomic E-state index is 12.5. The first-order valence-electron chi connectivity index (χ1n) is 11.4. The minimum atomic E-state index is -0.418. The fourth-order valence-electron chi connectivity index (χ4n) is 3.96. The lowest BCUT2D eigenvalue weighted by atomic mass is 10.1. The molecule has 0 fully saturated rings. The maximum absolute atomic E-state index is 12.5. The number of nitrogens with one attached hydrogen (secondary N) is 2. The van der Waals surface area contributed by atoms with Gasteiger partial charge in [-0.15, -0.1) is 0 Å². The summed E-state index contributed by atoms with van der Waals surface area (Å²) in [7, 11) is 1.58. The summed E-state index contributed by atoms with van der Waals surface area (Å²) >= 11 is 0. The summed E-state index contributed by atoms with van der Waals surface area (Å²) in [4.78, 5) is 24.6. The van der Waals surface area contributed by atoms with Crippen molar-refractivity contribution >= 4 is 45.0 Å². The minimum absolute atomic E-state index is 0.0500. The van der Waals surface area contributed by atoms with Crippen LogP contribution in [0.15, 0.2) is 71.8 Å². The normalized spacial score (nSPS) is 11.5. The minimum Gasteiger partial charge on any atom is -0.497 e. The lowest BCUT2D eigenvalue weighted by Gasteiger charge is -2.08. The molecule has 2 N–H and O–H groups in total. The van der Waals surface area contributed by atoms with Gasteiger partial charge < -0.3 is 19.4 Å². The molecule has 0 atom stereocenters. The highest BCUT2D eigenvalue weighted by molar-refractivity contribution is 6.11. The fourth-order valence-corrected chi connectivity index (χ4v) is 3.96. The predicted molar refractivity (Wildman–Crippen MR) is 138 cm³/mol. The molecule has 0 saturated carbocycles. The van der Waals surface area contributed by atoms with Crippen molar-refractivity contribution in [2.24, 2.45) is 5.10 Å². The van der Waals surface area contributed by atoms with Crippen molar-refractivity contribution in [2.75, 3.05) is 19.0 Å². The van der Waals surface area contributed by atoms with E-state index in [4.69, 9.17) is 9.47 Å². The molecule has 0 aliphatic carbocycles. The molecule has 0 aliphatic rings. The van der Waals surface area contributed by atoms with Gasteiger partial charge in [-0.1, -0.05) is 18.2 Å². The van der Waals surface area contributed by atoms with Crippen LogP contribution in [0.5, 0.6) is 11.5 Å². The fraction of sp³-hybridized carbons (Fsp3) is 0.222. The van der Waals surface area contributed by atoms with Crippen LogP contribution in [0.2, 0.25) is 0 Å². The molecule has 2 amide bonds. The Labute approximate surface area is 203 Å². The maximum Gasteiger partial charge on any atom is 0.277 e. The molecule has 1 aromatic heterocycles. The Morgan fingerprint density at radius 1 is 0.914 bits per heavy atom. The van der Waals surface area contributed by atoms with Gasteiger partial charge in [0.2, 0.25) is 5.91 Å². The molecular formula is C27H28N4O4. The Bertz CT molecular complexity index is 1390. The number of nitrogens with zero attached hydrogens (tertiary/aromatic N) is 2. The van der Waals surface area contributed by atoms with E-state index in [1.807, 2.05) is 30.3 Å². The predicted octanol–water partition coefficient (Wildman–Crippen LogP) is 4.72. The van der Waals surface area contributed by atoms with E-state index in [1.54, 1.807) is 38.3 Å². The van der Waals surface area contributed by atoms with E-state index in [2.05, 4.69) is 39.5 Å². The molecule has 180 valence electrons. The summed E-state index contributed by atoms with van der Waals surface area (Å²) < 4.78 is 12.8. The SMILES string of the molecule is CCn1c2ccccc2c2cc(NC(=O)CC(C)=NNC(=O)COc3ccc(OC)cc3)ccc21. The molecule has 35 heavy (non-hydrogen) atoms. The number of ether oxygens (including phenoxy) is 2. The van der Waals surface area contributed by atoms with Crippen LogP contribution < -0.4 is 20.2 Å². The van der Waals surface area contributed by atoms with Gasteiger partial charge >= 0.3 is 0 Å². The highest BCUT2D eigenvalue weighted by Crippen LogP contribution is 2.31. The van der Waals surface area contributed by atoms with Crippen molar-refractivity contribution < 1.29 is 19.1 Å². The van der Waals surface area contributed by atoms with Gasteiger partial charge in [-0.25, -0.2) is 5.43 Å². The molecule has 4 rings (SSSR count). The number of carbonyl (C=O) groups is 2. The average molecular weight is 473 g/mol. The molecule has 0 aliphatic heterocycles. The second-order valence-electron chi connectivity index (χ2n) is 8.06. The Hall–Kier alpha value is -4.33. The number of hydrogen-bond donors (Lipinski definition) is 2. The topological polar surface area (TPSA) is 94.0 Å². The van der Waals surface area contributed by atoms with Crippen LogP contribution in [-0.2, 0) is 16.1 Å². The van der Waals surface area contributed by atoms with Crippen LogP contribution in [0, 0.1) is 0 Å². The molecule has 4 aromatic rings. The van der Waals surface area contributed by atoms with Crippen LogP contribution in [0.1, 0.15) is 20.3 Å². The first kappa shape index (κ1) is 23.8. The van der Waals surface area contributed by atoms with E-state index in [9.17, 15) is 9.59 Å². The number of hydrogen-bond acceptors (Lipinski definition) is 5. The van der Waals surface area contributed by atoms with Crippen molar-refractivity contribution in [2.45, 2.75) is 26.8 Å². The van der Waals surface area contributed by atoms with Crippen molar-refractivity contribution in [3.8, 4) is 11.5 Å². The van der Waals surface area contributed by atoms with Crippen molar-refractivity contribution in [3.05, 3.63) is 66.7 Å². The molecule has 0 saturated heterocycles. The zero-order valence-electron chi connectivity index (χ0n) is 20.0. The first-order chi connectivity index (χ1) is 17.0. The Balaban J connectivity index is 1.32. The number of carbonyl (C=O) groups excluding carboxylic acids is 2. The van der Waals surface area contributed by atoms with Gasteiger partial charge in [0.1, 0.15) is 11.5 Å². The van der Waals surface area contributed by atoms with Crippen molar-refractivity contribution in [1.29, 1.82) is 0 Å². The monoisotopic (exact) mass is 472 g/mol. The number of amides is 2. The third kappa shape index (κ3) is 5.60. The van der Waals surface area contributed by atoms with Gasteiger partial charge in [0.25, 0.3) is 5.91 Å². The number of benzene rings is 3. The molecule has 3 aromatic carbocycles. The third-order valence-electron chi connectivity index (χ3n) is 5.59. The molecule has 0 spiro atoms. The molecule has 8 nitrogen and oxygen atoms in total. The zero-order valence-corrected chi connectivity index (χ0v) is 20.0. The number of methoxy groups -OCH3 is 1. The smallest absolute Gasteiger partial charge is 0.277 e. The van der Waals surface area contributed by atoms with Gasteiger partial charge in [-0.05, 0) is 62.4 Å². The van der Waals surface area contributed by atoms with Crippen molar-refractivity contribution in [1.82, 2.24) is 9.99 Å². The average Bonchev–Trinajstić information content (AvgIpc) is 3.19. The molecule has 8 heteroatoms. The van der Waals surface area contributed by atoms with E-state index in [0.717, 1.165) is 22.8 Å². The Kier molecular flexibility index (Phi) is 7.30. The molecule has 1 heterocycles. The summed E-state index contributed by atoms with van der Waals surface area (Å²) in [6.45, 7) is 4.47. The standard InChI is InChI=1S/C27H28N4O4/c1-4-31-24-8-6-5-7-22(24)23-16-19(9-14-25(23)31)28-26(32)15-18(2)29-30-27(33)17-35-21-12-10-20(34-3)11-13-21/h5-14,16H,4,15,17H2,1-3H3,(H,28,32)(H,30,33). The van der Waals surface area contributed by atoms with Crippen LogP contribution in [0.4, 0.5) is 5.69 Å². The second-order valence-corrected chi connectivity index (χ2v) is 8.06.